The summed E-state index contributed by atoms with van der Waals surface area (Å²) < 4.78 is 0. The van der Waals surface area contributed by atoms with Crippen molar-refractivity contribution in [1.82, 2.24) is 9.97 Å². The van der Waals surface area contributed by atoms with Gasteiger partial charge in [0.2, 0.25) is 0 Å². The third-order valence-corrected chi connectivity index (χ3v) is 5.56. The predicted octanol–water partition coefficient (Wildman–Crippen LogP) is 4.89. The Bertz CT molecular complexity index is 904. The second kappa shape index (κ2) is 7.78. The van der Waals surface area contributed by atoms with Crippen molar-refractivity contribution in [3.05, 3.63) is 80.9 Å². The van der Waals surface area contributed by atoms with Gasteiger partial charge in [0.15, 0.2) is 12.6 Å². The number of aldehydes is 2. The van der Waals surface area contributed by atoms with Crippen molar-refractivity contribution < 1.29 is 9.59 Å². The summed E-state index contributed by atoms with van der Waals surface area (Å²) in [5, 5.41) is 0. The van der Waals surface area contributed by atoms with Crippen molar-refractivity contribution in [3.63, 3.8) is 0 Å². The average molecular weight is 362 g/mol. The third kappa shape index (κ3) is 3.16. The Kier molecular flexibility index (Phi) is 5.45. The van der Waals surface area contributed by atoms with Crippen molar-refractivity contribution in [3.8, 4) is 0 Å². The summed E-state index contributed by atoms with van der Waals surface area (Å²) in [7, 11) is 0. The Balaban J connectivity index is 2.33. The average Bonchev–Trinajstić information content (AvgIpc) is 3.19. The summed E-state index contributed by atoms with van der Waals surface area (Å²) in [6.07, 6.45) is 3.43. The van der Waals surface area contributed by atoms with E-state index in [2.05, 4.69) is 35.9 Å². The standard InChI is InChI=1S/C23H26N2O2/c1-5-17-14(3)19(12-26)24-22(17)21(16-10-8-7-9-11-16)23-18(6-2)15(4)20(13-27)25-23/h7-13,21,24-25H,5-6H2,1-4H3. The van der Waals surface area contributed by atoms with Gasteiger partial charge in [-0.05, 0) is 54.5 Å². The van der Waals surface area contributed by atoms with Crippen LogP contribution in [0.15, 0.2) is 30.3 Å². The molecule has 0 aliphatic rings. The first-order valence-electron chi connectivity index (χ1n) is 9.45. The summed E-state index contributed by atoms with van der Waals surface area (Å²) in [6.45, 7) is 8.19. The van der Waals surface area contributed by atoms with Gasteiger partial charge >= 0.3 is 0 Å². The number of hydrogen-bond donors (Lipinski definition) is 2. The van der Waals surface area contributed by atoms with Crippen LogP contribution in [0.3, 0.4) is 0 Å². The molecule has 0 saturated carbocycles. The van der Waals surface area contributed by atoms with Gasteiger partial charge in [-0.1, -0.05) is 44.2 Å². The molecule has 27 heavy (non-hydrogen) atoms. The molecule has 0 aliphatic heterocycles. The molecule has 2 aromatic heterocycles. The van der Waals surface area contributed by atoms with Crippen molar-refractivity contribution in [1.29, 1.82) is 0 Å². The van der Waals surface area contributed by atoms with E-state index in [4.69, 9.17) is 0 Å². The number of aromatic amines is 2. The molecule has 0 spiro atoms. The van der Waals surface area contributed by atoms with Gasteiger partial charge in [-0.15, -0.1) is 0 Å². The molecule has 0 atom stereocenters. The van der Waals surface area contributed by atoms with E-state index in [-0.39, 0.29) is 5.92 Å². The first-order valence-corrected chi connectivity index (χ1v) is 9.45. The fraction of sp³-hybridized carbons (Fsp3) is 0.304. The minimum Gasteiger partial charge on any atom is -0.355 e. The van der Waals surface area contributed by atoms with Crippen molar-refractivity contribution in [2.45, 2.75) is 46.5 Å². The summed E-state index contributed by atoms with van der Waals surface area (Å²) in [6, 6.07) is 10.2. The maximum Gasteiger partial charge on any atom is 0.166 e. The van der Waals surface area contributed by atoms with Crippen LogP contribution in [0.1, 0.15) is 79.9 Å². The third-order valence-electron chi connectivity index (χ3n) is 5.56. The van der Waals surface area contributed by atoms with Gasteiger partial charge in [0.25, 0.3) is 0 Å². The van der Waals surface area contributed by atoms with Crippen LogP contribution in [0.2, 0.25) is 0 Å². The zero-order valence-corrected chi connectivity index (χ0v) is 16.3. The summed E-state index contributed by atoms with van der Waals surface area (Å²) >= 11 is 0. The molecular formula is C23H26N2O2. The van der Waals surface area contributed by atoms with Gasteiger partial charge in [-0.25, -0.2) is 0 Å². The molecule has 3 rings (SSSR count). The normalized spacial score (nSPS) is 11.1. The highest BCUT2D eigenvalue weighted by molar-refractivity contribution is 5.77. The molecule has 0 saturated heterocycles. The van der Waals surface area contributed by atoms with Crippen molar-refractivity contribution >= 4 is 12.6 Å². The SMILES string of the molecule is CCc1c(C(c2ccccc2)c2[nH]c(C=O)c(C)c2CC)[nH]c(C=O)c1C. The fourth-order valence-electron chi connectivity index (χ4n) is 4.12. The highest BCUT2D eigenvalue weighted by atomic mass is 16.1. The molecule has 0 aliphatic carbocycles. The lowest BCUT2D eigenvalue weighted by molar-refractivity contribution is 0.111. The fourth-order valence-corrected chi connectivity index (χ4v) is 4.12. The monoisotopic (exact) mass is 362 g/mol. The van der Waals surface area contributed by atoms with Crippen LogP contribution >= 0.6 is 0 Å². The van der Waals surface area contributed by atoms with E-state index in [1.54, 1.807) is 0 Å². The Hall–Kier alpha value is -2.88. The topological polar surface area (TPSA) is 65.7 Å². The van der Waals surface area contributed by atoms with Crippen molar-refractivity contribution in [2.75, 3.05) is 0 Å². The number of nitrogens with one attached hydrogen (secondary N) is 2. The molecule has 3 aromatic rings. The highest BCUT2D eigenvalue weighted by Gasteiger charge is 2.28. The Morgan fingerprint density at radius 1 is 0.815 bits per heavy atom. The number of hydrogen-bond acceptors (Lipinski definition) is 2. The maximum absolute atomic E-state index is 11.5. The molecule has 2 N–H and O–H groups in total. The minimum atomic E-state index is -0.0871. The first kappa shape index (κ1) is 18.9. The second-order valence-corrected chi connectivity index (χ2v) is 6.90. The van der Waals surface area contributed by atoms with Gasteiger partial charge in [0.1, 0.15) is 0 Å². The van der Waals surface area contributed by atoms with E-state index in [0.29, 0.717) is 11.4 Å². The number of benzene rings is 1. The number of rotatable bonds is 7. The van der Waals surface area contributed by atoms with Gasteiger partial charge in [0.05, 0.1) is 17.3 Å². The zero-order chi connectivity index (χ0) is 19.6. The van der Waals surface area contributed by atoms with Gasteiger partial charge < -0.3 is 9.97 Å². The minimum absolute atomic E-state index is 0.0871. The van der Waals surface area contributed by atoms with Crippen LogP contribution in [0.5, 0.6) is 0 Å². The number of aromatic nitrogens is 2. The quantitative estimate of drug-likeness (QED) is 0.588. The molecule has 4 heteroatoms. The van der Waals surface area contributed by atoms with Gasteiger partial charge in [0, 0.05) is 11.4 Å². The number of H-pyrrole nitrogens is 2. The molecule has 4 nitrogen and oxygen atoms in total. The number of carbonyl (C=O) groups is 2. The van der Waals surface area contributed by atoms with Crippen molar-refractivity contribution in [2.24, 2.45) is 0 Å². The molecule has 2 heterocycles. The Morgan fingerprint density at radius 3 is 1.63 bits per heavy atom. The molecule has 140 valence electrons. The first-order chi connectivity index (χ1) is 13.1. The van der Waals surface area contributed by atoms with Gasteiger partial charge in [-0.3, -0.25) is 9.59 Å². The highest BCUT2D eigenvalue weighted by Crippen LogP contribution is 2.38. The van der Waals surface area contributed by atoms with E-state index in [0.717, 1.165) is 64.6 Å². The Labute approximate surface area is 160 Å². The van der Waals surface area contributed by atoms with Crippen LogP contribution in [0.25, 0.3) is 0 Å². The summed E-state index contributed by atoms with van der Waals surface area (Å²) in [5.74, 6) is -0.0871. The van der Waals surface area contributed by atoms with Crippen LogP contribution in [-0.2, 0) is 12.8 Å². The maximum atomic E-state index is 11.5. The number of carbonyl (C=O) groups excluding carboxylic acids is 2. The van der Waals surface area contributed by atoms with Gasteiger partial charge in [-0.2, -0.15) is 0 Å². The second-order valence-electron chi connectivity index (χ2n) is 6.90. The molecule has 0 amide bonds. The summed E-state index contributed by atoms with van der Waals surface area (Å²) in [4.78, 5) is 29.8. The van der Waals surface area contributed by atoms with Crippen LogP contribution in [0.4, 0.5) is 0 Å². The molecule has 1 aromatic carbocycles. The lowest BCUT2D eigenvalue weighted by Gasteiger charge is -2.20. The largest absolute Gasteiger partial charge is 0.355 e. The smallest absolute Gasteiger partial charge is 0.166 e. The molecule has 0 bridgehead atoms. The lowest BCUT2D eigenvalue weighted by Crippen LogP contribution is -2.09. The molecule has 0 radical (unpaired) electrons. The predicted molar refractivity (Wildman–Crippen MR) is 108 cm³/mol. The lowest BCUT2D eigenvalue weighted by atomic mass is 9.86. The molecule has 0 unspecified atom stereocenters. The molecular weight excluding hydrogens is 336 g/mol. The molecule has 0 fully saturated rings. The van der Waals surface area contributed by atoms with E-state index >= 15 is 0 Å². The Morgan fingerprint density at radius 2 is 1.26 bits per heavy atom. The van der Waals surface area contributed by atoms with Crippen LogP contribution in [-0.4, -0.2) is 22.5 Å². The zero-order valence-electron chi connectivity index (χ0n) is 16.3. The van der Waals surface area contributed by atoms with E-state index in [9.17, 15) is 9.59 Å². The van der Waals surface area contributed by atoms with Crippen LogP contribution in [0, 0.1) is 13.8 Å². The summed E-state index contributed by atoms with van der Waals surface area (Å²) in [5.41, 5.74) is 8.74. The van der Waals surface area contributed by atoms with E-state index < -0.39 is 0 Å². The van der Waals surface area contributed by atoms with Crippen LogP contribution < -0.4 is 0 Å². The van der Waals surface area contributed by atoms with E-state index in [1.807, 2.05) is 32.0 Å². The van der Waals surface area contributed by atoms with E-state index in [1.165, 1.54) is 0 Å².